The van der Waals surface area contributed by atoms with E-state index >= 15 is 0 Å². The van der Waals surface area contributed by atoms with Crippen LogP contribution >= 0.6 is 0 Å². The Morgan fingerprint density at radius 2 is 1.76 bits per heavy atom. The summed E-state index contributed by atoms with van der Waals surface area (Å²) in [4.78, 5) is 4.27. The molecule has 3 nitrogen and oxygen atoms in total. The van der Waals surface area contributed by atoms with E-state index in [4.69, 9.17) is 10.00 Å². The third kappa shape index (κ3) is 3.82. The smallest absolute Gasteiger partial charge is 0.232 e. The Morgan fingerprint density at radius 1 is 1.10 bits per heavy atom. The number of benzene rings is 1. The van der Waals surface area contributed by atoms with Crippen LogP contribution in [0.15, 0.2) is 36.4 Å². The van der Waals surface area contributed by atoms with E-state index in [1.54, 1.807) is 6.07 Å². The first-order valence-electron chi connectivity index (χ1n) is 7.00. The van der Waals surface area contributed by atoms with Crippen molar-refractivity contribution in [3.05, 3.63) is 58.8 Å². The number of aryl methyl sites for hydroxylation is 1. The third-order valence-electron chi connectivity index (χ3n) is 3.32. The maximum atomic E-state index is 9.06. The van der Waals surface area contributed by atoms with Crippen molar-refractivity contribution in [3.63, 3.8) is 0 Å². The molecular weight excluding hydrogens is 260 g/mol. The first-order valence-corrected chi connectivity index (χ1v) is 7.00. The summed E-state index contributed by atoms with van der Waals surface area (Å²) in [5.74, 6) is 0.400. The Bertz CT molecular complexity index is 661. The van der Waals surface area contributed by atoms with E-state index in [0.29, 0.717) is 18.1 Å². The summed E-state index contributed by atoms with van der Waals surface area (Å²) in [6, 6.07) is 14.0. The molecule has 1 heterocycles. The van der Waals surface area contributed by atoms with E-state index in [2.05, 4.69) is 56.1 Å². The standard InChI is InChI=1S/C18H20N2O/c1-13-5-8-15(11-19)17(20-13)21-12-14-6-9-16(10-7-14)18(2,3)4/h5-10H,12H2,1-4H3. The van der Waals surface area contributed by atoms with Gasteiger partial charge in [-0.15, -0.1) is 0 Å². The summed E-state index contributed by atoms with van der Waals surface area (Å²) in [5, 5.41) is 9.06. The molecule has 0 N–H and O–H groups in total. The van der Waals surface area contributed by atoms with E-state index in [1.807, 2.05) is 13.0 Å². The summed E-state index contributed by atoms with van der Waals surface area (Å²) < 4.78 is 5.69. The minimum Gasteiger partial charge on any atom is -0.472 e. The van der Waals surface area contributed by atoms with Crippen LogP contribution in [0, 0.1) is 18.3 Å². The monoisotopic (exact) mass is 280 g/mol. The van der Waals surface area contributed by atoms with Crippen molar-refractivity contribution in [2.24, 2.45) is 0 Å². The molecule has 2 aromatic rings. The molecular formula is C18H20N2O. The van der Waals surface area contributed by atoms with Crippen LogP contribution in [0.5, 0.6) is 5.88 Å². The van der Waals surface area contributed by atoms with Crippen molar-refractivity contribution in [2.45, 2.75) is 39.7 Å². The van der Waals surface area contributed by atoms with Gasteiger partial charge in [0, 0.05) is 5.69 Å². The highest BCUT2D eigenvalue weighted by molar-refractivity contribution is 5.38. The molecule has 1 aromatic carbocycles. The minimum atomic E-state index is 0.144. The molecule has 0 unspecified atom stereocenters. The fourth-order valence-corrected chi connectivity index (χ4v) is 1.98. The van der Waals surface area contributed by atoms with Crippen molar-refractivity contribution in [2.75, 3.05) is 0 Å². The zero-order chi connectivity index (χ0) is 15.5. The lowest BCUT2D eigenvalue weighted by atomic mass is 9.87. The third-order valence-corrected chi connectivity index (χ3v) is 3.32. The number of hydrogen-bond acceptors (Lipinski definition) is 3. The number of rotatable bonds is 3. The largest absolute Gasteiger partial charge is 0.472 e. The average molecular weight is 280 g/mol. The van der Waals surface area contributed by atoms with Crippen molar-refractivity contribution >= 4 is 0 Å². The van der Waals surface area contributed by atoms with Crippen molar-refractivity contribution in [1.29, 1.82) is 5.26 Å². The number of nitriles is 1. The fraction of sp³-hybridized carbons (Fsp3) is 0.333. The molecule has 0 fully saturated rings. The van der Waals surface area contributed by atoms with E-state index in [-0.39, 0.29) is 5.41 Å². The molecule has 0 bridgehead atoms. The van der Waals surface area contributed by atoms with Gasteiger partial charge >= 0.3 is 0 Å². The molecule has 0 spiro atoms. The Morgan fingerprint density at radius 3 is 2.33 bits per heavy atom. The highest BCUT2D eigenvalue weighted by Crippen LogP contribution is 2.23. The Labute approximate surface area is 126 Å². The van der Waals surface area contributed by atoms with Crippen LogP contribution in [0.4, 0.5) is 0 Å². The molecule has 0 amide bonds. The molecule has 0 saturated heterocycles. The molecule has 2 rings (SSSR count). The van der Waals surface area contributed by atoms with Crippen molar-refractivity contribution in [1.82, 2.24) is 4.98 Å². The van der Waals surface area contributed by atoms with E-state index in [9.17, 15) is 0 Å². The predicted octanol–water partition coefficient (Wildman–Crippen LogP) is 4.14. The molecule has 0 saturated carbocycles. The fourth-order valence-electron chi connectivity index (χ4n) is 1.98. The van der Waals surface area contributed by atoms with Crippen molar-refractivity contribution in [3.8, 4) is 11.9 Å². The normalized spacial score (nSPS) is 11.0. The van der Waals surface area contributed by atoms with Gasteiger partial charge in [-0.2, -0.15) is 5.26 Å². The van der Waals surface area contributed by atoms with Gasteiger partial charge < -0.3 is 4.74 Å². The number of ether oxygens (including phenoxy) is 1. The second-order valence-electron chi connectivity index (χ2n) is 6.15. The number of pyridine rings is 1. The van der Waals surface area contributed by atoms with Crippen LogP contribution in [-0.2, 0) is 12.0 Å². The van der Waals surface area contributed by atoms with Crippen LogP contribution in [0.3, 0.4) is 0 Å². The highest BCUT2D eigenvalue weighted by Gasteiger charge is 2.13. The predicted molar refractivity (Wildman–Crippen MR) is 83.2 cm³/mol. The molecule has 0 aliphatic heterocycles. The summed E-state index contributed by atoms with van der Waals surface area (Å²) >= 11 is 0. The second-order valence-corrected chi connectivity index (χ2v) is 6.15. The quantitative estimate of drug-likeness (QED) is 0.849. The Hall–Kier alpha value is -2.34. The lowest BCUT2D eigenvalue weighted by Crippen LogP contribution is -2.11. The van der Waals surface area contributed by atoms with Crippen LogP contribution in [-0.4, -0.2) is 4.98 Å². The Kier molecular flexibility index (Phi) is 4.28. The first-order chi connectivity index (χ1) is 9.90. The van der Waals surface area contributed by atoms with E-state index in [0.717, 1.165) is 11.3 Å². The lowest BCUT2D eigenvalue weighted by Gasteiger charge is -2.19. The van der Waals surface area contributed by atoms with Gasteiger partial charge in [0.2, 0.25) is 5.88 Å². The summed E-state index contributed by atoms with van der Waals surface area (Å²) in [6.07, 6.45) is 0. The second kappa shape index (κ2) is 5.97. The average Bonchev–Trinajstić information content (AvgIpc) is 2.45. The molecule has 0 radical (unpaired) electrons. The zero-order valence-electron chi connectivity index (χ0n) is 13.0. The molecule has 0 atom stereocenters. The molecule has 3 heteroatoms. The topological polar surface area (TPSA) is 45.9 Å². The van der Waals surface area contributed by atoms with Gasteiger partial charge in [-0.05, 0) is 35.6 Å². The van der Waals surface area contributed by atoms with Gasteiger partial charge in [-0.1, -0.05) is 45.0 Å². The van der Waals surface area contributed by atoms with Crippen LogP contribution in [0.2, 0.25) is 0 Å². The number of aromatic nitrogens is 1. The molecule has 0 aliphatic rings. The van der Waals surface area contributed by atoms with Gasteiger partial charge in [0.15, 0.2) is 0 Å². The van der Waals surface area contributed by atoms with Gasteiger partial charge in [-0.25, -0.2) is 4.98 Å². The van der Waals surface area contributed by atoms with Crippen molar-refractivity contribution < 1.29 is 4.74 Å². The summed E-state index contributed by atoms with van der Waals surface area (Å²) in [6.45, 7) is 8.86. The molecule has 0 aliphatic carbocycles. The van der Waals surface area contributed by atoms with E-state index < -0.39 is 0 Å². The summed E-state index contributed by atoms with van der Waals surface area (Å²) in [7, 11) is 0. The maximum Gasteiger partial charge on any atom is 0.232 e. The minimum absolute atomic E-state index is 0.144. The SMILES string of the molecule is Cc1ccc(C#N)c(OCc2ccc(C(C)(C)C)cc2)n1. The molecule has 108 valence electrons. The van der Waals surface area contributed by atoms with Crippen LogP contribution in [0.25, 0.3) is 0 Å². The summed E-state index contributed by atoms with van der Waals surface area (Å²) in [5.41, 5.74) is 3.80. The molecule has 1 aromatic heterocycles. The molecule has 21 heavy (non-hydrogen) atoms. The highest BCUT2D eigenvalue weighted by atomic mass is 16.5. The maximum absolute atomic E-state index is 9.06. The van der Waals surface area contributed by atoms with Crippen LogP contribution in [0.1, 0.15) is 43.2 Å². The number of hydrogen-bond donors (Lipinski definition) is 0. The van der Waals surface area contributed by atoms with E-state index in [1.165, 1.54) is 5.56 Å². The van der Waals surface area contributed by atoms with Gasteiger partial charge in [0.1, 0.15) is 18.2 Å². The Balaban J connectivity index is 2.10. The number of nitrogens with zero attached hydrogens (tertiary/aromatic N) is 2. The zero-order valence-corrected chi connectivity index (χ0v) is 13.0. The first kappa shape index (κ1) is 15.1. The van der Waals surface area contributed by atoms with Gasteiger partial charge in [-0.3, -0.25) is 0 Å². The van der Waals surface area contributed by atoms with Gasteiger partial charge in [0.05, 0.1) is 0 Å². The lowest BCUT2D eigenvalue weighted by molar-refractivity contribution is 0.292. The van der Waals surface area contributed by atoms with Gasteiger partial charge in [0.25, 0.3) is 0 Å². The van der Waals surface area contributed by atoms with Crippen LogP contribution < -0.4 is 4.74 Å².